The number of hydrogen-bond donors (Lipinski definition) is 1. The molecule has 1 aliphatic heterocycles. The summed E-state index contributed by atoms with van der Waals surface area (Å²) in [5, 5.41) is 10.4. The average molecular weight is 459 g/mol. The highest BCUT2D eigenvalue weighted by atomic mass is 35.5. The molecule has 0 unspecified atom stereocenters. The van der Waals surface area contributed by atoms with E-state index >= 15 is 4.39 Å². The van der Waals surface area contributed by atoms with E-state index in [0.29, 0.717) is 24.3 Å². The van der Waals surface area contributed by atoms with Crippen LogP contribution in [-0.4, -0.2) is 51.1 Å². The number of nitrogens with zero attached hydrogens (tertiary/aromatic N) is 4. The van der Waals surface area contributed by atoms with Crippen LogP contribution in [0.25, 0.3) is 22.0 Å². The molecule has 1 amide bonds. The molecule has 4 rings (SSSR count). The topological polar surface area (TPSA) is 69.6 Å². The number of hydrogen-bond acceptors (Lipinski definition) is 5. The van der Waals surface area contributed by atoms with E-state index in [1.165, 1.54) is 30.6 Å². The summed E-state index contributed by atoms with van der Waals surface area (Å²) in [5.41, 5.74) is -0.625. The SMILES string of the molecule is C=CC(=O)N1[C@@H](C)CN(c2ncnc3c(F)c(-c4c(O)cccc4F)c(Cl)cc23)C[C@@H]1C. The van der Waals surface area contributed by atoms with Gasteiger partial charge >= 0.3 is 0 Å². The Labute approximate surface area is 188 Å². The average Bonchev–Trinajstić information content (AvgIpc) is 2.74. The van der Waals surface area contributed by atoms with Crippen molar-refractivity contribution in [2.24, 2.45) is 0 Å². The van der Waals surface area contributed by atoms with Gasteiger partial charge in [0.2, 0.25) is 5.91 Å². The van der Waals surface area contributed by atoms with Crippen LogP contribution in [0.15, 0.2) is 43.2 Å². The highest BCUT2D eigenvalue weighted by Gasteiger charge is 2.33. The molecular formula is C23H21ClF2N4O2. The number of carbonyl (C=O) groups excluding carboxylic acids is 1. The molecule has 1 aromatic heterocycles. The van der Waals surface area contributed by atoms with Gasteiger partial charge in [0.05, 0.1) is 10.6 Å². The van der Waals surface area contributed by atoms with Crippen LogP contribution in [0.4, 0.5) is 14.6 Å². The predicted octanol–water partition coefficient (Wildman–Crippen LogP) is 4.55. The molecule has 1 saturated heterocycles. The molecule has 0 saturated carbocycles. The first-order valence-electron chi connectivity index (χ1n) is 10.0. The fourth-order valence-electron chi connectivity index (χ4n) is 4.39. The van der Waals surface area contributed by atoms with Crippen LogP contribution < -0.4 is 4.90 Å². The van der Waals surface area contributed by atoms with E-state index in [-0.39, 0.29) is 39.7 Å². The van der Waals surface area contributed by atoms with Gasteiger partial charge in [-0.1, -0.05) is 24.2 Å². The molecule has 0 aliphatic carbocycles. The zero-order valence-corrected chi connectivity index (χ0v) is 18.3. The highest BCUT2D eigenvalue weighted by molar-refractivity contribution is 6.34. The van der Waals surface area contributed by atoms with Crippen LogP contribution in [0.1, 0.15) is 13.8 Å². The van der Waals surface area contributed by atoms with Gasteiger partial charge in [-0.15, -0.1) is 0 Å². The van der Waals surface area contributed by atoms with Crippen LogP contribution in [0.3, 0.4) is 0 Å². The van der Waals surface area contributed by atoms with Gasteiger partial charge in [-0.25, -0.2) is 18.7 Å². The molecule has 32 heavy (non-hydrogen) atoms. The van der Waals surface area contributed by atoms with Gasteiger partial charge in [-0.3, -0.25) is 4.79 Å². The minimum Gasteiger partial charge on any atom is -0.507 e. The van der Waals surface area contributed by atoms with Crippen molar-refractivity contribution in [3.8, 4) is 16.9 Å². The number of rotatable bonds is 3. The fraction of sp³-hybridized carbons (Fsp3) is 0.261. The molecule has 1 aliphatic rings. The van der Waals surface area contributed by atoms with Gasteiger partial charge in [0.15, 0.2) is 5.82 Å². The number of carbonyl (C=O) groups is 1. The standard InChI is InChI=1S/C23H21ClF2N4O2/c1-4-18(32)30-12(2)9-29(10-13(30)3)23-14-8-15(24)19(21(26)22(14)27-11-28-23)20-16(25)6-5-7-17(20)31/h4-8,11-13,31H,1,9-10H2,2-3H3/t12-,13-/m0/s1. The van der Waals surface area contributed by atoms with Gasteiger partial charge in [0.25, 0.3) is 0 Å². The Bertz CT molecular complexity index is 1200. The molecule has 2 heterocycles. The van der Waals surface area contributed by atoms with Crippen molar-refractivity contribution < 1.29 is 18.7 Å². The number of phenolic OH excluding ortho intramolecular Hbond substituents is 1. The number of halogens is 3. The van der Waals surface area contributed by atoms with Gasteiger partial charge in [-0.05, 0) is 38.1 Å². The van der Waals surface area contributed by atoms with E-state index in [9.17, 15) is 14.3 Å². The molecule has 0 bridgehead atoms. The molecule has 9 heteroatoms. The predicted molar refractivity (Wildman–Crippen MR) is 120 cm³/mol. The number of anilines is 1. The number of piperazine rings is 1. The molecule has 1 fully saturated rings. The summed E-state index contributed by atoms with van der Waals surface area (Å²) in [6, 6.07) is 4.91. The maximum Gasteiger partial charge on any atom is 0.246 e. The van der Waals surface area contributed by atoms with E-state index in [2.05, 4.69) is 16.5 Å². The van der Waals surface area contributed by atoms with E-state index in [0.717, 1.165) is 6.07 Å². The Morgan fingerprint density at radius 1 is 1.22 bits per heavy atom. The summed E-state index contributed by atoms with van der Waals surface area (Å²) < 4.78 is 30.0. The lowest BCUT2D eigenvalue weighted by Crippen LogP contribution is -2.58. The number of aromatic nitrogens is 2. The number of benzene rings is 2. The monoisotopic (exact) mass is 458 g/mol. The third-order valence-corrected chi connectivity index (χ3v) is 5.99. The smallest absolute Gasteiger partial charge is 0.246 e. The first kappa shape index (κ1) is 22.0. The Kier molecular flexibility index (Phi) is 5.73. The Hall–Kier alpha value is -3.26. The van der Waals surface area contributed by atoms with Crippen molar-refractivity contribution in [1.82, 2.24) is 14.9 Å². The maximum absolute atomic E-state index is 15.6. The van der Waals surface area contributed by atoms with E-state index in [1.54, 1.807) is 4.90 Å². The Morgan fingerprint density at radius 2 is 1.91 bits per heavy atom. The maximum atomic E-state index is 15.6. The Morgan fingerprint density at radius 3 is 2.53 bits per heavy atom. The molecular weight excluding hydrogens is 438 g/mol. The van der Waals surface area contributed by atoms with E-state index < -0.39 is 17.4 Å². The van der Waals surface area contributed by atoms with Gasteiger partial charge in [0, 0.05) is 36.1 Å². The van der Waals surface area contributed by atoms with Crippen molar-refractivity contribution in [1.29, 1.82) is 0 Å². The number of amides is 1. The zero-order valence-electron chi connectivity index (χ0n) is 17.5. The minimum absolute atomic E-state index is 0.0399. The van der Waals surface area contributed by atoms with Crippen molar-refractivity contribution in [2.75, 3.05) is 18.0 Å². The van der Waals surface area contributed by atoms with Crippen molar-refractivity contribution in [3.05, 3.63) is 59.9 Å². The van der Waals surface area contributed by atoms with Crippen LogP contribution in [0.2, 0.25) is 5.02 Å². The third-order valence-electron chi connectivity index (χ3n) is 5.69. The number of fused-ring (bicyclic) bond motifs is 1. The summed E-state index contributed by atoms with van der Waals surface area (Å²) in [6.45, 7) is 8.32. The van der Waals surface area contributed by atoms with Crippen LogP contribution in [-0.2, 0) is 4.79 Å². The summed E-state index contributed by atoms with van der Waals surface area (Å²) in [5.74, 6) is -1.77. The summed E-state index contributed by atoms with van der Waals surface area (Å²) in [4.78, 5) is 24.3. The minimum atomic E-state index is -0.849. The normalized spacial score (nSPS) is 18.8. The first-order valence-corrected chi connectivity index (χ1v) is 10.4. The van der Waals surface area contributed by atoms with Crippen LogP contribution in [0.5, 0.6) is 5.75 Å². The molecule has 0 spiro atoms. The van der Waals surface area contributed by atoms with Gasteiger partial charge in [0.1, 0.15) is 29.2 Å². The van der Waals surface area contributed by atoms with Crippen molar-refractivity contribution in [3.63, 3.8) is 0 Å². The van der Waals surface area contributed by atoms with Gasteiger partial charge < -0.3 is 14.9 Å². The van der Waals surface area contributed by atoms with Crippen LogP contribution in [0, 0.1) is 11.6 Å². The van der Waals surface area contributed by atoms with E-state index in [1.807, 2.05) is 18.7 Å². The number of aromatic hydroxyl groups is 1. The second-order valence-corrected chi connectivity index (χ2v) is 8.23. The van der Waals surface area contributed by atoms with Crippen molar-refractivity contribution >= 4 is 34.2 Å². The second-order valence-electron chi connectivity index (χ2n) is 7.83. The summed E-state index contributed by atoms with van der Waals surface area (Å²) >= 11 is 6.38. The van der Waals surface area contributed by atoms with Crippen LogP contribution >= 0.6 is 11.6 Å². The molecule has 166 valence electrons. The second kappa shape index (κ2) is 8.35. The quantitative estimate of drug-likeness (QED) is 0.583. The molecule has 3 aromatic rings. The lowest BCUT2D eigenvalue weighted by molar-refractivity contribution is -0.130. The lowest BCUT2D eigenvalue weighted by Gasteiger charge is -2.44. The van der Waals surface area contributed by atoms with Crippen molar-refractivity contribution in [2.45, 2.75) is 25.9 Å². The molecule has 6 nitrogen and oxygen atoms in total. The molecule has 1 N–H and O–H groups in total. The summed E-state index contributed by atoms with van der Waals surface area (Å²) in [6.07, 6.45) is 2.52. The van der Waals surface area contributed by atoms with E-state index in [4.69, 9.17) is 11.6 Å². The summed E-state index contributed by atoms with van der Waals surface area (Å²) in [7, 11) is 0. The first-order chi connectivity index (χ1) is 15.2. The van der Waals surface area contributed by atoms with Gasteiger partial charge in [-0.2, -0.15) is 0 Å². The lowest BCUT2D eigenvalue weighted by atomic mass is 10.0. The zero-order chi connectivity index (χ0) is 23.2. The molecule has 0 radical (unpaired) electrons. The largest absolute Gasteiger partial charge is 0.507 e. The Balaban J connectivity index is 1.83. The molecule has 2 aromatic carbocycles. The third kappa shape index (κ3) is 3.54. The molecule has 2 atom stereocenters. The fourth-order valence-corrected chi connectivity index (χ4v) is 4.68. The highest BCUT2D eigenvalue weighted by Crippen LogP contribution is 2.42. The number of phenols is 1.